The zero-order chi connectivity index (χ0) is 33.1. The number of nitrogens with zero attached hydrogens (tertiary/aromatic N) is 2. The summed E-state index contributed by atoms with van der Waals surface area (Å²) in [6.07, 6.45) is 0. The summed E-state index contributed by atoms with van der Waals surface area (Å²) in [5.41, 5.74) is 15.1. The maximum absolute atomic E-state index is 6.28. The van der Waals surface area contributed by atoms with E-state index >= 15 is 0 Å². The minimum absolute atomic E-state index is 0.114. The van der Waals surface area contributed by atoms with Crippen LogP contribution in [0.25, 0.3) is 76.1 Å². The van der Waals surface area contributed by atoms with Gasteiger partial charge < -0.3 is 9.32 Å². The maximum Gasteiger partial charge on any atom is 0.135 e. The van der Waals surface area contributed by atoms with Gasteiger partial charge in [-0.05, 0) is 64.7 Å². The molecule has 0 aliphatic heterocycles. The predicted molar refractivity (Wildman–Crippen MR) is 209 cm³/mol. The van der Waals surface area contributed by atoms with Crippen molar-refractivity contribution in [3.05, 3.63) is 157 Å². The number of hydrogen-bond donors (Lipinski definition) is 0. The number of hydrogen-bond acceptors (Lipinski definition) is 4. The summed E-state index contributed by atoms with van der Waals surface area (Å²) >= 11 is 1.79. The molecule has 0 unspecified atom stereocenters. The lowest BCUT2D eigenvalue weighted by Crippen LogP contribution is -2.16. The lowest BCUT2D eigenvalue weighted by Gasteiger charge is -2.29. The van der Waals surface area contributed by atoms with Gasteiger partial charge in [0.15, 0.2) is 0 Å². The van der Waals surface area contributed by atoms with Gasteiger partial charge in [0.1, 0.15) is 16.2 Å². The number of fused-ring (bicyclic) bond motifs is 9. The van der Waals surface area contributed by atoms with E-state index in [2.05, 4.69) is 152 Å². The fraction of sp³-hybridized carbons (Fsp3) is 0.0652. The summed E-state index contributed by atoms with van der Waals surface area (Å²) in [7, 11) is 0. The number of benzene rings is 7. The molecular formula is C46H30N2OS. The van der Waals surface area contributed by atoms with Gasteiger partial charge in [0.25, 0.3) is 0 Å². The first kappa shape index (κ1) is 27.9. The van der Waals surface area contributed by atoms with Gasteiger partial charge in [-0.2, -0.15) is 0 Å². The molecule has 2 heterocycles. The standard InChI is InChI=1S/C46H30N2OS/c1-46(2)37-17-8-6-13-30(37)31-21-19-29(26-38(31)46)48(28-20-24-41-36(25-28)32-14-7-9-18-40(32)49-41)39-23-22-35-42-33(39)15-10-16-34(42)43-44(35)50-45(47-43)27-11-4-3-5-12-27/h3-26H,1-2H3. The normalized spacial score (nSPS) is 13.6. The van der Waals surface area contributed by atoms with Gasteiger partial charge in [-0.15, -0.1) is 11.3 Å². The average Bonchev–Trinajstić information content (AvgIpc) is 3.89. The molecule has 11 rings (SSSR count). The Labute approximate surface area is 293 Å². The molecule has 2 aliphatic rings. The molecule has 0 radical (unpaired) electrons. The molecule has 0 saturated carbocycles. The number of rotatable bonds is 4. The lowest BCUT2D eigenvalue weighted by atomic mass is 9.82. The molecule has 9 aromatic rings. The highest BCUT2D eigenvalue weighted by Gasteiger charge is 2.36. The fourth-order valence-corrected chi connectivity index (χ4v) is 9.59. The Morgan fingerprint density at radius 2 is 1.26 bits per heavy atom. The highest BCUT2D eigenvalue weighted by Crippen LogP contribution is 2.55. The molecule has 3 nitrogen and oxygen atoms in total. The Morgan fingerprint density at radius 3 is 2.18 bits per heavy atom. The van der Waals surface area contributed by atoms with Gasteiger partial charge in [0.2, 0.25) is 0 Å². The van der Waals surface area contributed by atoms with E-state index in [9.17, 15) is 0 Å². The van der Waals surface area contributed by atoms with E-state index in [0.29, 0.717) is 0 Å². The second-order valence-corrected chi connectivity index (χ2v) is 14.9. The Balaban J connectivity index is 1.14. The SMILES string of the molecule is CC1(C)c2ccccc2-c2ccc(N(c3ccc4oc5ccccc5c4c3)c3ccc4c5c(cccc35)-c3nc(-c5ccccc5)sc3-4)cc21. The fourth-order valence-electron chi connectivity index (χ4n) is 8.47. The Kier molecular flexibility index (Phi) is 5.61. The Morgan fingerprint density at radius 1 is 0.560 bits per heavy atom. The van der Waals surface area contributed by atoms with Gasteiger partial charge in [0.05, 0.1) is 16.3 Å². The third-order valence-corrected chi connectivity index (χ3v) is 12.0. The first-order valence-corrected chi connectivity index (χ1v) is 17.9. The molecule has 2 aliphatic carbocycles. The molecule has 0 amide bonds. The van der Waals surface area contributed by atoms with Gasteiger partial charge in [-0.25, -0.2) is 4.98 Å². The Bertz CT molecular complexity index is 2830. The molecule has 2 aromatic heterocycles. The van der Waals surface area contributed by atoms with E-state index in [1.807, 2.05) is 12.1 Å². The van der Waals surface area contributed by atoms with Crippen molar-refractivity contribution in [3.8, 4) is 43.4 Å². The first-order chi connectivity index (χ1) is 24.5. The van der Waals surface area contributed by atoms with Crippen molar-refractivity contribution in [2.45, 2.75) is 19.3 Å². The summed E-state index contributed by atoms with van der Waals surface area (Å²) < 4.78 is 6.28. The van der Waals surface area contributed by atoms with Crippen LogP contribution in [-0.2, 0) is 5.41 Å². The molecule has 7 aromatic carbocycles. The topological polar surface area (TPSA) is 29.3 Å². The summed E-state index contributed by atoms with van der Waals surface area (Å²) in [5, 5.41) is 5.79. The number of para-hydroxylation sites is 1. The van der Waals surface area contributed by atoms with Crippen LogP contribution in [0.5, 0.6) is 0 Å². The molecule has 0 N–H and O–H groups in total. The first-order valence-electron chi connectivity index (χ1n) is 17.1. The molecular weight excluding hydrogens is 629 g/mol. The number of furan rings is 1. The number of anilines is 3. The minimum Gasteiger partial charge on any atom is -0.456 e. The largest absolute Gasteiger partial charge is 0.456 e. The van der Waals surface area contributed by atoms with E-state index in [1.165, 1.54) is 49.0 Å². The third-order valence-electron chi connectivity index (χ3n) is 10.8. The van der Waals surface area contributed by atoms with Crippen molar-refractivity contribution < 1.29 is 4.42 Å². The molecule has 0 atom stereocenters. The van der Waals surface area contributed by atoms with Gasteiger partial charge in [0, 0.05) is 55.0 Å². The van der Waals surface area contributed by atoms with Crippen molar-refractivity contribution >= 4 is 61.1 Å². The van der Waals surface area contributed by atoms with Crippen LogP contribution in [0.2, 0.25) is 0 Å². The quantitative estimate of drug-likeness (QED) is 0.188. The smallest absolute Gasteiger partial charge is 0.135 e. The van der Waals surface area contributed by atoms with E-state index in [4.69, 9.17) is 9.40 Å². The molecule has 4 heteroatoms. The zero-order valence-electron chi connectivity index (χ0n) is 27.6. The molecule has 0 saturated heterocycles. The number of thiazole rings is 1. The number of aromatic nitrogens is 1. The van der Waals surface area contributed by atoms with Gasteiger partial charge in [-0.3, -0.25) is 0 Å². The monoisotopic (exact) mass is 658 g/mol. The van der Waals surface area contributed by atoms with Crippen LogP contribution < -0.4 is 4.90 Å². The Hall–Kier alpha value is -5.97. The summed E-state index contributed by atoms with van der Waals surface area (Å²) in [6.45, 7) is 4.70. The van der Waals surface area contributed by atoms with Crippen LogP contribution >= 0.6 is 11.3 Å². The zero-order valence-corrected chi connectivity index (χ0v) is 28.4. The highest BCUT2D eigenvalue weighted by atomic mass is 32.1. The van der Waals surface area contributed by atoms with Crippen LogP contribution in [-0.4, -0.2) is 4.98 Å². The molecule has 50 heavy (non-hydrogen) atoms. The van der Waals surface area contributed by atoms with Gasteiger partial charge >= 0.3 is 0 Å². The van der Waals surface area contributed by atoms with Crippen LogP contribution in [0, 0.1) is 0 Å². The third kappa shape index (κ3) is 3.77. The second-order valence-electron chi connectivity index (χ2n) is 13.9. The molecule has 236 valence electrons. The minimum atomic E-state index is -0.114. The van der Waals surface area contributed by atoms with Crippen molar-refractivity contribution in [2.24, 2.45) is 0 Å². The molecule has 0 spiro atoms. The summed E-state index contributed by atoms with van der Waals surface area (Å²) in [6, 6.07) is 52.7. The van der Waals surface area contributed by atoms with E-state index < -0.39 is 0 Å². The maximum atomic E-state index is 6.28. The van der Waals surface area contributed by atoms with Crippen molar-refractivity contribution in [1.82, 2.24) is 4.98 Å². The molecule has 0 bridgehead atoms. The molecule has 0 fully saturated rings. The van der Waals surface area contributed by atoms with Crippen LogP contribution in [0.3, 0.4) is 0 Å². The van der Waals surface area contributed by atoms with Crippen LogP contribution in [0.4, 0.5) is 17.1 Å². The average molecular weight is 659 g/mol. The summed E-state index contributed by atoms with van der Waals surface area (Å²) in [4.78, 5) is 8.91. The van der Waals surface area contributed by atoms with E-state index in [-0.39, 0.29) is 5.41 Å². The van der Waals surface area contributed by atoms with Crippen LogP contribution in [0.1, 0.15) is 25.0 Å². The van der Waals surface area contributed by atoms with E-state index in [0.717, 1.165) is 55.3 Å². The van der Waals surface area contributed by atoms with Crippen molar-refractivity contribution in [3.63, 3.8) is 0 Å². The second kappa shape index (κ2) is 10.0. The van der Waals surface area contributed by atoms with E-state index in [1.54, 1.807) is 11.3 Å². The van der Waals surface area contributed by atoms with Crippen molar-refractivity contribution in [1.29, 1.82) is 0 Å². The van der Waals surface area contributed by atoms with Crippen LogP contribution in [0.15, 0.2) is 150 Å². The van der Waals surface area contributed by atoms with Crippen molar-refractivity contribution in [2.75, 3.05) is 4.90 Å². The van der Waals surface area contributed by atoms with Gasteiger partial charge in [-0.1, -0.05) is 117 Å². The lowest BCUT2D eigenvalue weighted by molar-refractivity contribution is 0.660. The predicted octanol–water partition coefficient (Wildman–Crippen LogP) is 13.3. The highest BCUT2D eigenvalue weighted by molar-refractivity contribution is 7.19. The summed E-state index contributed by atoms with van der Waals surface area (Å²) in [5.74, 6) is 0.